The average Bonchev–Trinajstić information content (AvgIpc) is 3.39. The standard InChI is InChI=1S/C25H21N5O2S/c1-4-21-18-10-14(8-9-17(18)25(31)29-28-21)20-12-27-30(2)22(20)24-19(11-26)16-7-5-6-15(13-32-3)23(16)33-24/h5-10,12H,4,13H2,1-3H3,(H,29,31). The average molecular weight is 456 g/mol. The molecule has 1 N–H and O–H groups in total. The molecule has 0 radical (unpaired) electrons. The summed E-state index contributed by atoms with van der Waals surface area (Å²) < 4.78 is 8.22. The van der Waals surface area contributed by atoms with Crippen molar-refractivity contribution in [2.45, 2.75) is 20.0 Å². The second kappa shape index (κ2) is 8.28. The third-order valence-electron chi connectivity index (χ3n) is 5.88. The molecule has 0 saturated carbocycles. The van der Waals surface area contributed by atoms with Gasteiger partial charge < -0.3 is 4.74 Å². The second-order valence-electron chi connectivity index (χ2n) is 7.79. The monoisotopic (exact) mass is 455 g/mol. The van der Waals surface area contributed by atoms with Gasteiger partial charge in [0.15, 0.2) is 0 Å². The van der Waals surface area contributed by atoms with E-state index in [4.69, 9.17) is 4.74 Å². The van der Waals surface area contributed by atoms with E-state index in [0.29, 0.717) is 24.0 Å². The fourth-order valence-corrected chi connectivity index (χ4v) is 5.64. The predicted molar refractivity (Wildman–Crippen MR) is 130 cm³/mol. The molecule has 164 valence electrons. The van der Waals surface area contributed by atoms with Gasteiger partial charge in [-0.1, -0.05) is 31.2 Å². The summed E-state index contributed by atoms with van der Waals surface area (Å²) in [7, 11) is 3.55. The summed E-state index contributed by atoms with van der Waals surface area (Å²) in [5.74, 6) is 0. The van der Waals surface area contributed by atoms with Crippen LogP contribution in [0.3, 0.4) is 0 Å². The van der Waals surface area contributed by atoms with Crippen LogP contribution in [0.5, 0.6) is 0 Å². The number of nitrogens with zero attached hydrogens (tertiary/aromatic N) is 4. The molecule has 8 heteroatoms. The molecule has 5 aromatic rings. The largest absolute Gasteiger partial charge is 0.380 e. The number of H-pyrrole nitrogens is 1. The minimum Gasteiger partial charge on any atom is -0.380 e. The molecule has 3 heterocycles. The number of rotatable bonds is 5. The number of benzene rings is 2. The Morgan fingerprint density at radius 3 is 2.82 bits per heavy atom. The van der Waals surface area contributed by atoms with Crippen molar-refractivity contribution in [1.82, 2.24) is 20.0 Å². The number of thiophene rings is 1. The predicted octanol–water partition coefficient (Wildman–Crippen LogP) is 4.79. The lowest BCUT2D eigenvalue weighted by atomic mass is 9.99. The first kappa shape index (κ1) is 21.1. The highest BCUT2D eigenvalue weighted by Crippen LogP contribution is 2.43. The third-order valence-corrected chi connectivity index (χ3v) is 7.16. The van der Waals surface area contributed by atoms with Gasteiger partial charge in [-0.05, 0) is 29.7 Å². The van der Waals surface area contributed by atoms with Crippen LogP contribution < -0.4 is 5.56 Å². The van der Waals surface area contributed by atoms with Crippen LogP contribution in [-0.4, -0.2) is 27.1 Å². The van der Waals surface area contributed by atoms with Crippen molar-refractivity contribution in [2.75, 3.05) is 7.11 Å². The molecule has 0 bridgehead atoms. The fraction of sp³-hybridized carbons (Fsp3) is 0.200. The Labute approximate surface area is 193 Å². The normalized spacial score (nSPS) is 11.3. The molecule has 0 atom stereocenters. The smallest absolute Gasteiger partial charge is 0.272 e. The van der Waals surface area contributed by atoms with E-state index in [0.717, 1.165) is 48.4 Å². The SMILES string of the molecule is CCc1n[nH]c(=O)c2ccc(-c3cnn(C)c3-c3sc4c(COC)cccc4c3C#N)cc12. The number of aromatic amines is 1. The van der Waals surface area contributed by atoms with Gasteiger partial charge in [-0.15, -0.1) is 11.3 Å². The molecular formula is C25H21N5O2S. The number of ether oxygens (including phenoxy) is 1. The summed E-state index contributed by atoms with van der Waals surface area (Å²) in [6.45, 7) is 2.49. The van der Waals surface area contributed by atoms with Crippen molar-refractivity contribution >= 4 is 32.2 Å². The molecule has 5 rings (SSSR count). The van der Waals surface area contributed by atoms with Crippen LogP contribution in [-0.2, 0) is 24.8 Å². The Bertz CT molecular complexity index is 1620. The Hall–Kier alpha value is -3.80. The lowest BCUT2D eigenvalue weighted by Gasteiger charge is -2.08. The number of fused-ring (bicyclic) bond motifs is 2. The summed E-state index contributed by atoms with van der Waals surface area (Å²) in [5.41, 5.74) is 5.00. The third kappa shape index (κ3) is 3.33. The zero-order chi connectivity index (χ0) is 23.1. The minimum atomic E-state index is -0.206. The highest BCUT2D eigenvalue weighted by Gasteiger charge is 2.22. The quantitative estimate of drug-likeness (QED) is 0.411. The van der Waals surface area contributed by atoms with Gasteiger partial charge in [0.1, 0.15) is 6.07 Å². The van der Waals surface area contributed by atoms with E-state index >= 15 is 0 Å². The Kier molecular flexibility index (Phi) is 5.29. The van der Waals surface area contributed by atoms with Gasteiger partial charge in [0.2, 0.25) is 0 Å². The maximum Gasteiger partial charge on any atom is 0.272 e. The van der Waals surface area contributed by atoms with Gasteiger partial charge >= 0.3 is 0 Å². The Morgan fingerprint density at radius 2 is 2.06 bits per heavy atom. The Morgan fingerprint density at radius 1 is 1.21 bits per heavy atom. The van der Waals surface area contributed by atoms with E-state index in [1.54, 1.807) is 23.1 Å². The van der Waals surface area contributed by atoms with Crippen molar-refractivity contribution < 1.29 is 4.74 Å². The molecule has 0 amide bonds. The number of nitrogens with one attached hydrogen (secondary N) is 1. The summed E-state index contributed by atoms with van der Waals surface area (Å²) in [4.78, 5) is 13.1. The molecule has 0 fully saturated rings. The zero-order valence-electron chi connectivity index (χ0n) is 18.5. The van der Waals surface area contributed by atoms with Gasteiger partial charge in [-0.3, -0.25) is 9.48 Å². The van der Waals surface area contributed by atoms with Crippen molar-refractivity contribution in [3.63, 3.8) is 0 Å². The molecule has 0 aliphatic rings. The van der Waals surface area contributed by atoms with Crippen molar-refractivity contribution in [3.8, 4) is 27.8 Å². The first-order chi connectivity index (χ1) is 16.1. The zero-order valence-corrected chi connectivity index (χ0v) is 19.3. The van der Waals surface area contributed by atoms with Crippen molar-refractivity contribution in [3.05, 3.63) is 69.8 Å². The number of methoxy groups -OCH3 is 1. The van der Waals surface area contributed by atoms with E-state index in [-0.39, 0.29) is 5.56 Å². The number of aryl methyl sites for hydroxylation is 2. The molecule has 7 nitrogen and oxygen atoms in total. The highest BCUT2D eigenvalue weighted by molar-refractivity contribution is 7.22. The first-order valence-corrected chi connectivity index (χ1v) is 11.4. The number of hydrogen-bond acceptors (Lipinski definition) is 6. The van der Waals surface area contributed by atoms with Crippen LogP contribution in [0, 0.1) is 11.3 Å². The number of nitriles is 1. The molecule has 0 unspecified atom stereocenters. The van der Waals surface area contributed by atoms with Crippen LogP contribution in [0.25, 0.3) is 42.6 Å². The lowest BCUT2D eigenvalue weighted by Crippen LogP contribution is -2.10. The second-order valence-corrected chi connectivity index (χ2v) is 8.81. The number of aromatic nitrogens is 4. The van der Waals surface area contributed by atoms with Gasteiger partial charge in [-0.2, -0.15) is 15.5 Å². The van der Waals surface area contributed by atoms with Gasteiger partial charge in [0.25, 0.3) is 5.56 Å². The molecule has 33 heavy (non-hydrogen) atoms. The first-order valence-electron chi connectivity index (χ1n) is 10.5. The van der Waals surface area contributed by atoms with E-state index in [1.165, 1.54) is 0 Å². The fourth-order valence-electron chi connectivity index (χ4n) is 4.30. The number of hydrogen-bond donors (Lipinski definition) is 1. The van der Waals surface area contributed by atoms with Crippen LogP contribution >= 0.6 is 11.3 Å². The molecule has 0 saturated heterocycles. The molecule has 2 aromatic carbocycles. The maximum absolute atomic E-state index is 12.3. The van der Waals surface area contributed by atoms with Crippen LogP contribution in [0.2, 0.25) is 0 Å². The van der Waals surface area contributed by atoms with Crippen LogP contribution in [0.1, 0.15) is 23.7 Å². The van der Waals surface area contributed by atoms with Crippen LogP contribution in [0.15, 0.2) is 47.4 Å². The summed E-state index contributed by atoms with van der Waals surface area (Å²) >= 11 is 1.58. The van der Waals surface area contributed by atoms with E-state index in [1.807, 2.05) is 56.6 Å². The maximum atomic E-state index is 12.3. The Balaban J connectivity index is 1.77. The van der Waals surface area contributed by atoms with Gasteiger partial charge in [0, 0.05) is 35.2 Å². The molecule has 0 aliphatic heterocycles. The highest BCUT2D eigenvalue weighted by atomic mass is 32.1. The topological polar surface area (TPSA) is 96.6 Å². The van der Waals surface area contributed by atoms with Crippen molar-refractivity contribution in [2.24, 2.45) is 7.05 Å². The summed E-state index contributed by atoms with van der Waals surface area (Å²) in [5, 5.41) is 23.7. The molecule has 0 spiro atoms. The van der Waals surface area contributed by atoms with E-state index < -0.39 is 0 Å². The molecule has 3 aromatic heterocycles. The summed E-state index contributed by atoms with van der Waals surface area (Å²) in [6, 6.07) is 14.1. The minimum absolute atomic E-state index is 0.206. The lowest BCUT2D eigenvalue weighted by molar-refractivity contribution is 0.186. The van der Waals surface area contributed by atoms with Crippen LogP contribution in [0.4, 0.5) is 0 Å². The van der Waals surface area contributed by atoms with E-state index in [2.05, 4.69) is 21.4 Å². The van der Waals surface area contributed by atoms with Gasteiger partial charge in [-0.25, -0.2) is 5.10 Å². The summed E-state index contributed by atoms with van der Waals surface area (Å²) in [6.07, 6.45) is 2.51. The van der Waals surface area contributed by atoms with Gasteiger partial charge in [0.05, 0.1) is 40.0 Å². The van der Waals surface area contributed by atoms with Crippen molar-refractivity contribution in [1.29, 1.82) is 5.26 Å². The van der Waals surface area contributed by atoms with E-state index in [9.17, 15) is 10.1 Å². The molecular weight excluding hydrogens is 434 g/mol. The molecule has 0 aliphatic carbocycles.